The molecule has 0 amide bonds. The van der Waals surface area contributed by atoms with E-state index in [1.165, 1.54) is 0 Å². The number of nitrogens with zero attached hydrogens (tertiary/aromatic N) is 3. The van der Waals surface area contributed by atoms with Crippen molar-refractivity contribution in [1.82, 2.24) is 15.3 Å². The van der Waals surface area contributed by atoms with Gasteiger partial charge in [0, 0.05) is 26.2 Å². The average Bonchev–Trinajstić information content (AvgIpc) is 2.61. The third-order valence-corrected chi connectivity index (χ3v) is 3.39. The van der Waals surface area contributed by atoms with Crippen LogP contribution in [0.2, 0.25) is 0 Å². The smallest absolute Gasteiger partial charge is 0.234 e. The minimum absolute atomic E-state index is 0.439. The standard InChI is InChI=1S/C16H20N4O2/c1-2-4-14(5-3-1)21-10-11-22-16-13-18-12-15(19-16)20-8-6-17-7-9-20/h1-5,12-13,17H,6-11H2. The molecule has 0 atom stereocenters. The molecule has 1 aromatic carbocycles. The number of anilines is 1. The SMILES string of the molecule is c1ccc(OCCOc2cncc(N3CCNCC3)n2)cc1. The summed E-state index contributed by atoms with van der Waals surface area (Å²) in [5.41, 5.74) is 0. The molecule has 0 radical (unpaired) electrons. The van der Waals surface area contributed by atoms with Gasteiger partial charge in [0.25, 0.3) is 0 Å². The van der Waals surface area contributed by atoms with Crippen LogP contribution in [0.1, 0.15) is 0 Å². The van der Waals surface area contributed by atoms with Gasteiger partial charge in [0.05, 0.1) is 12.4 Å². The van der Waals surface area contributed by atoms with E-state index in [0.29, 0.717) is 19.1 Å². The molecule has 1 aromatic heterocycles. The zero-order valence-electron chi connectivity index (χ0n) is 12.4. The van der Waals surface area contributed by atoms with E-state index in [0.717, 1.165) is 37.7 Å². The van der Waals surface area contributed by atoms with E-state index in [1.807, 2.05) is 30.3 Å². The summed E-state index contributed by atoms with van der Waals surface area (Å²) in [6, 6.07) is 9.69. The van der Waals surface area contributed by atoms with Crippen LogP contribution in [0.15, 0.2) is 42.7 Å². The van der Waals surface area contributed by atoms with Crippen molar-refractivity contribution in [2.75, 3.05) is 44.3 Å². The van der Waals surface area contributed by atoms with Gasteiger partial charge in [-0.1, -0.05) is 18.2 Å². The van der Waals surface area contributed by atoms with Gasteiger partial charge in [-0.05, 0) is 12.1 Å². The summed E-state index contributed by atoms with van der Waals surface area (Å²) in [6.07, 6.45) is 3.41. The Morgan fingerprint density at radius 1 is 1.00 bits per heavy atom. The zero-order valence-corrected chi connectivity index (χ0v) is 12.4. The normalized spacial score (nSPS) is 14.6. The highest BCUT2D eigenvalue weighted by atomic mass is 16.5. The maximum Gasteiger partial charge on any atom is 0.234 e. The van der Waals surface area contributed by atoms with Gasteiger partial charge >= 0.3 is 0 Å². The molecular weight excluding hydrogens is 280 g/mol. The third kappa shape index (κ3) is 4.08. The molecule has 1 aliphatic rings. The Balaban J connectivity index is 1.48. The molecule has 1 N–H and O–H groups in total. The van der Waals surface area contributed by atoms with Crippen LogP contribution < -0.4 is 19.7 Å². The van der Waals surface area contributed by atoms with Gasteiger partial charge in [-0.3, -0.25) is 4.98 Å². The van der Waals surface area contributed by atoms with Crippen molar-refractivity contribution in [1.29, 1.82) is 0 Å². The van der Waals surface area contributed by atoms with Crippen molar-refractivity contribution in [3.05, 3.63) is 42.7 Å². The molecule has 6 nitrogen and oxygen atoms in total. The second-order valence-corrected chi connectivity index (χ2v) is 4.96. The largest absolute Gasteiger partial charge is 0.490 e. The van der Waals surface area contributed by atoms with E-state index in [-0.39, 0.29) is 0 Å². The first-order valence-corrected chi connectivity index (χ1v) is 7.50. The molecule has 0 unspecified atom stereocenters. The molecule has 1 saturated heterocycles. The van der Waals surface area contributed by atoms with Gasteiger partial charge in [0.1, 0.15) is 19.0 Å². The molecule has 0 saturated carbocycles. The molecule has 1 fully saturated rings. The quantitative estimate of drug-likeness (QED) is 0.813. The summed E-state index contributed by atoms with van der Waals surface area (Å²) in [4.78, 5) is 10.9. The van der Waals surface area contributed by atoms with Gasteiger partial charge in [0.2, 0.25) is 5.88 Å². The highest BCUT2D eigenvalue weighted by Gasteiger charge is 2.12. The van der Waals surface area contributed by atoms with E-state index in [4.69, 9.17) is 9.47 Å². The Morgan fingerprint density at radius 3 is 2.59 bits per heavy atom. The maximum absolute atomic E-state index is 5.62. The van der Waals surface area contributed by atoms with E-state index in [1.54, 1.807) is 12.4 Å². The van der Waals surface area contributed by atoms with Crippen LogP contribution in [0.25, 0.3) is 0 Å². The van der Waals surface area contributed by atoms with Gasteiger partial charge in [0.15, 0.2) is 5.82 Å². The molecule has 2 aromatic rings. The first-order chi connectivity index (χ1) is 10.9. The summed E-state index contributed by atoms with van der Waals surface area (Å²) in [5, 5.41) is 3.32. The lowest BCUT2D eigenvalue weighted by molar-refractivity contribution is 0.211. The van der Waals surface area contributed by atoms with Gasteiger partial charge in [-0.25, -0.2) is 0 Å². The molecule has 0 bridgehead atoms. The predicted molar refractivity (Wildman–Crippen MR) is 84.5 cm³/mol. The van der Waals surface area contributed by atoms with Crippen molar-refractivity contribution in [2.45, 2.75) is 0 Å². The summed E-state index contributed by atoms with van der Waals surface area (Å²) in [7, 11) is 0. The minimum atomic E-state index is 0.439. The number of hydrogen-bond acceptors (Lipinski definition) is 6. The number of hydrogen-bond donors (Lipinski definition) is 1. The molecule has 0 aliphatic carbocycles. The van der Waals surface area contributed by atoms with Crippen LogP contribution >= 0.6 is 0 Å². The fourth-order valence-electron chi connectivity index (χ4n) is 2.28. The summed E-state index contributed by atoms with van der Waals surface area (Å²) >= 11 is 0. The Morgan fingerprint density at radius 2 is 1.77 bits per heavy atom. The highest BCUT2D eigenvalue weighted by Crippen LogP contribution is 2.14. The van der Waals surface area contributed by atoms with E-state index < -0.39 is 0 Å². The number of ether oxygens (including phenoxy) is 2. The van der Waals surface area contributed by atoms with Crippen LogP contribution in [0.3, 0.4) is 0 Å². The first-order valence-electron chi connectivity index (χ1n) is 7.50. The first kappa shape index (κ1) is 14.6. The number of aromatic nitrogens is 2. The molecule has 22 heavy (non-hydrogen) atoms. The Bertz CT molecular complexity index is 573. The van der Waals surface area contributed by atoms with Crippen molar-refractivity contribution in [3.63, 3.8) is 0 Å². The molecule has 1 aliphatic heterocycles. The highest BCUT2D eigenvalue weighted by molar-refractivity contribution is 5.38. The van der Waals surface area contributed by atoms with E-state index in [9.17, 15) is 0 Å². The fraction of sp³-hybridized carbons (Fsp3) is 0.375. The van der Waals surface area contributed by atoms with Crippen LogP contribution in [0, 0.1) is 0 Å². The maximum atomic E-state index is 5.62. The van der Waals surface area contributed by atoms with E-state index in [2.05, 4.69) is 20.2 Å². The molecule has 6 heteroatoms. The number of piperazine rings is 1. The lowest BCUT2D eigenvalue weighted by atomic mass is 10.3. The van der Waals surface area contributed by atoms with Crippen molar-refractivity contribution < 1.29 is 9.47 Å². The van der Waals surface area contributed by atoms with Gasteiger partial charge in [-0.15, -0.1) is 0 Å². The predicted octanol–water partition coefficient (Wildman–Crippen LogP) is 1.34. The summed E-state index contributed by atoms with van der Waals surface area (Å²) < 4.78 is 11.2. The molecule has 2 heterocycles. The lowest BCUT2D eigenvalue weighted by Crippen LogP contribution is -2.43. The zero-order chi connectivity index (χ0) is 15.0. The molecule has 116 valence electrons. The minimum Gasteiger partial charge on any atom is -0.490 e. The number of para-hydroxylation sites is 1. The summed E-state index contributed by atoms with van der Waals surface area (Å²) in [5.74, 6) is 2.24. The molecule has 0 spiro atoms. The second kappa shape index (κ2) is 7.61. The van der Waals surface area contributed by atoms with Crippen molar-refractivity contribution in [3.8, 4) is 11.6 Å². The van der Waals surface area contributed by atoms with Crippen LogP contribution in [-0.2, 0) is 0 Å². The Labute approximate surface area is 130 Å². The Kier molecular flexibility index (Phi) is 5.04. The van der Waals surface area contributed by atoms with Crippen molar-refractivity contribution >= 4 is 5.82 Å². The number of rotatable bonds is 6. The summed E-state index contributed by atoms with van der Waals surface area (Å²) in [6.45, 7) is 4.73. The topological polar surface area (TPSA) is 59.5 Å². The molecular formula is C16H20N4O2. The van der Waals surface area contributed by atoms with Crippen LogP contribution in [-0.4, -0.2) is 49.4 Å². The Hall–Kier alpha value is -2.34. The van der Waals surface area contributed by atoms with E-state index >= 15 is 0 Å². The van der Waals surface area contributed by atoms with Gasteiger partial charge < -0.3 is 19.7 Å². The lowest BCUT2D eigenvalue weighted by Gasteiger charge is -2.28. The van der Waals surface area contributed by atoms with Gasteiger partial charge in [-0.2, -0.15) is 4.98 Å². The molecule has 3 rings (SSSR count). The monoisotopic (exact) mass is 300 g/mol. The third-order valence-electron chi connectivity index (χ3n) is 3.39. The van der Waals surface area contributed by atoms with Crippen LogP contribution in [0.4, 0.5) is 5.82 Å². The number of benzene rings is 1. The average molecular weight is 300 g/mol. The van der Waals surface area contributed by atoms with Crippen molar-refractivity contribution in [2.24, 2.45) is 0 Å². The van der Waals surface area contributed by atoms with Crippen LogP contribution in [0.5, 0.6) is 11.6 Å². The number of nitrogens with one attached hydrogen (secondary N) is 1. The second-order valence-electron chi connectivity index (χ2n) is 4.96. The fourth-order valence-corrected chi connectivity index (χ4v) is 2.28.